The van der Waals surface area contributed by atoms with Crippen LogP contribution in [0.1, 0.15) is 13.8 Å². The fraction of sp³-hybridized carbons (Fsp3) is 0.562. The molecule has 0 bridgehead atoms. The van der Waals surface area contributed by atoms with Gasteiger partial charge in [-0.05, 0) is 26.0 Å². The maximum atomic E-state index is 12.0. The molecular formula is C16H22N4O2. The molecule has 6 heteroatoms. The third-order valence-electron chi connectivity index (χ3n) is 4.75. The molecule has 0 amide bonds. The first-order valence-corrected chi connectivity index (χ1v) is 7.63. The van der Waals surface area contributed by atoms with Crippen molar-refractivity contribution in [2.75, 3.05) is 37.6 Å². The molecule has 2 saturated heterocycles. The van der Waals surface area contributed by atoms with Crippen molar-refractivity contribution in [1.82, 2.24) is 15.1 Å². The monoisotopic (exact) mass is 302 g/mol. The molecule has 3 rings (SSSR count). The number of allylic oxidation sites excluding steroid dienone is 1. The Balaban J connectivity index is 1.77. The lowest BCUT2D eigenvalue weighted by Crippen LogP contribution is -2.41. The van der Waals surface area contributed by atoms with Crippen LogP contribution in [-0.4, -0.2) is 58.9 Å². The highest BCUT2D eigenvalue weighted by Gasteiger charge is 2.57. The summed E-state index contributed by atoms with van der Waals surface area (Å²) in [7, 11) is 0. The number of likely N-dealkylation sites (tertiary alicyclic amines) is 1. The molecule has 2 aliphatic rings. The molecule has 2 atom stereocenters. The van der Waals surface area contributed by atoms with E-state index >= 15 is 0 Å². The van der Waals surface area contributed by atoms with E-state index in [9.17, 15) is 9.90 Å². The summed E-state index contributed by atoms with van der Waals surface area (Å²) in [5, 5.41) is 17.8. The fourth-order valence-corrected chi connectivity index (χ4v) is 3.56. The lowest BCUT2D eigenvalue weighted by Gasteiger charge is -2.25. The number of rotatable bonds is 4. The van der Waals surface area contributed by atoms with Crippen LogP contribution in [0.5, 0.6) is 0 Å². The number of hydrogen-bond acceptors (Lipinski definition) is 5. The summed E-state index contributed by atoms with van der Waals surface area (Å²) < 4.78 is 0. The second kappa shape index (κ2) is 5.68. The van der Waals surface area contributed by atoms with Crippen LogP contribution in [0.4, 0.5) is 5.82 Å². The average molecular weight is 302 g/mol. The van der Waals surface area contributed by atoms with Gasteiger partial charge in [-0.2, -0.15) is 5.10 Å². The summed E-state index contributed by atoms with van der Waals surface area (Å²) in [4.78, 5) is 16.3. The Kier molecular flexibility index (Phi) is 3.87. The molecule has 0 spiro atoms. The number of carboxylic acids is 1. The highest BCUT2D eigenvalue weighted by molar-refractivity contribution is 5.78. The van der Waals surface area contributed by atoms with Crippen molar-refractivity contribution in [3.8, 4) is 0 Å². The molecule has 3 heterocycles. The molecule has 0 unspecified atom stereocenters. The third-order valence-corrected chi connectivity index (χ3v) is 4.75. The van der Waals surface area contributed by atoms with E-state index in [1.165, 1.54) is 5.57 Å². The maximum absolute atomic E-state index is 12.0. The fourth-order valence-electron chi connectivity index (χ4n) is 3.56. The molecule has 118 valence electrons. The van der Waals surface area contributed by atoms with Crippen LogP contribution in [0.15, 0.2) is 30.0 Å². The van der Waals surface area contributed by atoms with Crippen LogP contribution in [0.2, 0.25) is 0 Å². The summed E-state index contributed by atoms with van der Waals surface area (Å²) >= 11 is 0. The quantitative estimate of drug-likeness (QED) is 0.845. The molecule has 2 aliphatic heterocycles. The Morgan fingerprint density at radius 3 is 2.86 bits per heavy atom. The Morgan fingerprint density at radius 2 is 2.27 bits per heavy atom. The molecule has 22 heavy (non-hydrogen) atoms. The van der Waals surface area contributed by atoms with Gasteiger partial charge in [-0.15, -0.1) is 5.10 Å². The van der Waals surface area contributed by atoms with Gasteiger partial charge in [0.1, 0.15) is 5.41 Å². The van der Waals surface area contributed by atoms with Crippen LogP contribution in [0.3, 0.4) is 0 Å². The highest BCUT2D eigenvalue weighted by atomic mass is 16.4. The summed E-state index contributed by atoms with van der Waals surface area (Å²) in [5.41, 5.74) is 0.579. The van der Waals surface area contributed by atoms with Crippen LogP contribution >= 0.6 is 0 Å². The molecule has 1 N–H and O–H groups in total. The molecular weight excluding hydrogens is 280 g/mol. The van der Waals surface area contributed by atoms with Gasteiger partial charge >= 0.3 is 5.97 Å². The highest BCUT2D eigenvalue weighted by Crippen LogP contribution is 2.43. The van der Waals surface area contributed by atoms with Gasteiger partial charge in [0, 0.05) is 44.8 Å². The molecule has 1 aromatic rings. The van der Waals surface area contributed by atoms with E-state index in [4.69, 9.17) is 0 Å². The van der Waals surface area contributed by atoms with Gasteiger partial charge in [-0.1, -0.05) is 11.6 Å². The van der Waals surface area contributed by atoms with Crippen molar-refractivity contribution < 1.29 is 9.90 Å². The third kappa shape index (κ3) is 2.59. The summed E-state index contributed by atoms with van der Waals surface area (Å²) in [5.74, 6) is 0.217. The van der Waals surface area contributed by atoms with Crippen LogP contribution < -0.4 is 4.90 Å². The number of aliphatic carboxylic acids is 1. The minimum Gasteiger partial charge on any atom is -0.481 e. The van der Waals surface area contributed by atoms with E-state index < -0.39 is 11.4 Å². The van der Waals surface area contributed by atoms with Gasteiger partial charge in [0.25, 0.3) is 0 Å². The molecule has 0 saturated carbocycles. The molecule has 0 radical (unpaired) electrons. The van der Waals surface area contributed by atoms with Crippen molar-refractivity contribution in [2.45, 2.75) is 13.8 Å². The maximum Gasteiger partial charge on any atom is 0.313 e. The lowest BCUT2D eigenvalue weighted by molar-refractivity contribution is -0.148. The molecule has 0 aromatic carbocycles. The van der Waals surface area contributed by atoms with E-state index in [2.05, 4.69) is 39.9 Å². The van der Waals surface area contributed by atoms with Gasteiger partial charge < -0.3 is 10.0 Å². The first-order valence-electron chi connectivity index (χ1n) is 7.63. The summed E-state index contributed by atoms with van der Waals surface area (Å²) in [6.45, 7) is 7.64. The number of anilines is 1. The number of carboxylic acid groups (broad SMARTS) is 1. The number of carbonyl (C=O) groups is 1. The van der Waals surface area contributed by atoms with Gasteiger partial charge in [-0.3, -0.25) is 9.69 Å². The Bertz CT molecular complexity index is 585. The zero-order valence-electron chi connectivity index (χ0n) is 13.1. The summed E-state index contributed by atoms with van der Waals surface area (Å²) in [6, 6.07) is 3.73. The Hall–Kier alpha value is -1.95. The van der Waals surface area contributed by atoms with Crippen LogP contribution in [0.25, 0.3) is 0 Å². The molecule has 6 nitrogen and oxygen atoms in total. The summed E-state index contributed by atoms with van der Waals surface area (Å²) in [6.07, 6.45) is 3.80. The minimum atomic E-state index is -0.691. The second-order valence-electron chi connectivity index (χ2n) is 6.60. The van der Waals surface area contributed by atoms with Crippen molar-refractivity contribution in [2.24, 2.45) is 11.3 Å². The second-order valence-corrected chi connectivity index (χ2v) is 6.60. The molecule has 1 aromatic heterocycles. The van der Waals surface area contributed by atoms with E-state index in [1.54, 1.807) is 6.20 Å². The van der Waals surface area contributed by atoms with E-state index in [1.807, 2.05) is 12.1 Å². The predicted octanol–water partition coefficient (Wildman–Crippen LogP) is 1.27. The van der Waals surface area contributed by atoms with Gasteiger partial charge in [0.15, 0.2) is 5.82 Å². The van der Waals surface area contributed by atoms with Crippen molar-refractivity contribution in [3.05, 3.63) is 30.0 Å². The average Bonchev–Trinajstić information content (AvgIpc) is 3.01. The van der Waals surface area contributed by atoms with Crippen LogP contribution in [-0.2, 0) is 4.79 Å². The van der Waals surface area contributed by atoms with E-state index in [0.717, 1.165) is 25.5 Å². The van der Waals surface area contributed by atoms with E-state index in [0.29, 0.717) is 13.1 Å². The number of nitrogens with zero attached hydrogens (tertiary/aromatic N) is 4. The van der Waals surface area contributed by atoms with Crippen molar-refractivity contribution >= 4 is 11.8 Å². The largest absolute Gasteiger partial charge is 0.481 e. The first-order chi connectivity index (χ1) is 10.5. The molecule has 2 fully saturated rings. The molecule has 0 aliphatic carbocycles. The van der Waals surface area contributed by atoms with Gasteiger partial charge in [0.2, 0.25) is 0 Å². The van der Waals surface area contributed by atoms with E-state index in [-0.39, 0.29) is 5.92 Å². The predicted molar refractivity (Wildman–Crippen MR) is 83.7 cm³/mol. The number of hydrogen-bond donors (Lipinski definition) is 1. The Labute approximate surface area is 130 Å². The normalized spacial score (nSPS) is 27.7. The van der Waals surface area contributed by atoms with Gasteiger partial charge in [-0.25, -0.2) is 0 Å². The topological polar surface area (TPSA) is 69.6 Å². The zero-order chi connectivity index (χ0) is 15.7. The van der Waals surface area contributed by atoms with Crippen molar-refractivity contribution in [3.63, 3.8) is 0 Å². The van der Waals surface area contributed by atoms with Gasteiger partial charge in [0.05, 0.1) is 0 Å². The standard InChI is InChI=1S/C16H22N4O2/c1-12(2)5-7-19-8-13-9-20(14-4-3-6-17-18-14)11-16(13,10-19)15(21)22/h3-6,13H,7-11H2,1-2H3,(H,21,22)/t13-,16-/m1/s1. The SMILES string of the molecule is CC(C)=CCN1C[C@@H]2CN(c3cccnn3)C[C@]2(C(=O)O)C1. The lowest BCUT2D eigenvalue weighted by atomic mass is 9.81. The van der Waals surface area contributed by atoms with Crippen molar-refractivity contribution in [1.29, 1.82) is 0 Å². The minimum absolute atomic E-state index is 0.137. The number of aromatic nitrogens is 2. The zero-order valence-corrected chi connectivity index (χ0v) is 13.1. The number of fused-ring (bicyclic) bond motifs is 1. The Morgan fingerprint density at radius 1 is 1.45 bits per heavy atom. The smallest absolute Gasteiger partial charge is 0.313 e. The van der Waals surface area contributed by atoms with Crippen LogP contribution in [0, 0.1) is 11.3 Å². The first kappa shape index (κ1) is 15.0.